The molecule has 2 aromatic carbocycles. The van der Waals surface area contributed by atoms with Crippen molar-refractivity contribution in [2.24, 2.45) is 5.73 Å². The summed E-state index contributed by atoms with van der Waals surface area (Å²) in [6.07, 6.45) is 2.75. The van der Waals surface area contributed by atoms with Gasteiger partial charge >= 0.3 is 5.69 Å². The average molecular weight is 505 g/mol. The van der Waals surface area contributed by atoms with Crippen LogP contribution < -0.4 is 26.2 Å². The minimum absolute atomic E-state index is 0.0351. The molecule has 0 saturated carbocycles. The number of ether oxygens (including phenoxy) is 3. The first-order valence-electron chi connectivity index (χ1n) is 11.3. The quantitative estimate of drug-likeness (QED) is 0.187. The van der Waals surface area contributed by atoms with Gasteiger partial charge < -0.3 is 25.3 Å². The van der Waals surface area contributed by atoms with Gasteiger partial charge in [-0.25, -0.2) is 14.8 Å². The number of amidine groups is 1. The third-order valence-corrected chi connectivity index (χ3v) is 5.81. The molecule has 0 aliphatic carbocycles. The summed E-state index contributed by atoms with van der Waals surface area (Å²) in [5, 5.41) is 15.5. The Balaban J connectivity index is 1.87. The van der Waals surface area contributed by atoms with Crippen LogP contribution in [0.25, 0.3) is 5.95 Å². The Morgan fingerprint density at radius 2 is 1.81 bits per heavy atom. The van der Waals surface area contributed by atoms with Gasteiger partial charge in [-0.3, -0.25) is 10.4 Å². The maximum Gasteiger partial charge on any atom is 0.350 e. The topological polar surface area (TPSA) is 166 Å². The molecule has 0 bridgehead atoms. The number of nitrogen functional groups attached to an aromatic ring is 1. The second kappa shape index (κ2) is 10.9. The van der Waals surface area contributed by atoms with E-state index in [4.69, 9.17) is 25.4 Å². The van der Waals surface area contributed by atoms with Gasteiger partial charge in [-0.05, 0) is 55.0 Å². The number of methoxy groups -OCH3 is 3. The highest BCUT2D eigenvalue weighted by Crippen LogP contribution is 2.40. The second-order valence-electron chi connectivity index (χ2n) is 8.07. The van der Waals surface area contributed by atoms with Gasteiger partial charge in [0.1, 0.15) is 11.9 Å². The van der Waals surface area contributed by atoms with Crippen molar-refractivity contribution in [3.05, 3.63) is 87.9 Å². The van der Waals surface area contributed by atoms with Gasteiger partial charge in [0.15, 0.2) is 17.3 Å². The molecule has 192 valence electrons. The molecule has 12 nitrogen and oxygen atoms in total. The zero-order chi connectivity index (χ0) is 26.5. The number of hydrogen-bond donors (Lipinski definition) is 4. The molecule has 4 aromatic rings. The Kier molecular flexibility index (Phi) is 7.49. The maximum atomic E-state index is 12.8. The van der Waals surface area contributed by atoms with Gasteiger partial charge in [0, 0.05) is 36.3 Å². The number of benzene rings is 2. The fourth-order valence-corrected chi connectivity index (χ4v) is 3.84. The summed E-state index contributed by atoms with van der Waals surface area (Å²) in [4.78, 5) is 23.9. The van der Waals surface area contributed by atoms with Crippen LogP contribution in [-0.2, 0) is 4.74 Å². The number of nitrogens with zero attached hydrogens (tertiary/aromatic N) is 4. The number of nitrogens with two attached hydrogens (primary N) is 1. The van der Waals surface area contributed by atoms with Crippen LogP contribution in [0, 0.1) is 5.41 Å². The smallest absolute Gasteiger partial charge is 0.350 e. The first-order chi connectivity index (χ1) is 17.9. The highest BCUT2D eigenvalue weighted by atomic mass is 16.5. The van der Waals surface area contributed by atoms with E-state index in [1.807, 2.05) is 19.1 Å². The zero-order valence-corrected chi connectivity index (χ0v) is 20.9. The Hall–Kier alpha value is -4.71. The van der Waals surface area contributed by atoms with Gasteiger partial charge in [-0.15, -0.1) is 9.78 Å². The number of anilines is 1. The molecule has 0 fully saturated rings. The van der Waals surface area contributed by atoms with Gasteiger partial charge in [-0.1, -0.05) is 0 Å². The number of aromatic amines is 1. The van der Waals surface area contributed by atoms with Crippen LogP contribution in [0.15, 0.2) is 59.7 Å². The molecule has 37 heavy (non-hydrogen) atoms. The minimum Gasteiger partial charge on any atom is -0.493 e. The number of H-pyrrole nitrogens is 1. The lowest BCUT2D eigenvalue weighted by Crippen LogP contribution is -2.18. The molecule has 5 N–H and O–H groups in total. The van der Waals surface area contributed by atoms with E-state index < -0.39 is 11.7 Å². The van der Waals surface area contributed by atoms with E-state index in [1.165, 1.54) is 12.4 Å². The van der Waals surface area contributed by atoms with E-state index in [2.05, 4.69) is 25.4 Å². The van der Waals surface area contributed by atoms with E-state index in [-0.39, 0.29) is 17.9 Å². The molecule has 2 atom stereocenters. The standard InChI is InChI=1S/C25H28N8O4/c1-14(35-2)18-12-16(13-19(36-3)21(18)37-4)20(30-17-8-6-15(7-9-17)22(26)27)23-31-25(34)33(32-23)24-28-10-5-11-29-24/h5-14,20,30H,1-4H3,(H3,26,27)(H,31,32,34). The lowest BCUT2D eigenvalue weighted by molar-refractivity contribution is 0.116. The SMILES string of the molecule is COc1cc(C(Nc2ccc(C(=N)N)cc2)c2nn(-c3ncccn3)c(=O)[nH]2)cc(C(C)OC)c1OC. The molecule has 0 aliphatic heterocycles. The lowest BCUT2D eigenvalue weighted by atomic mass is 9.98. The molecule has 2 heterocycles. The summed E-state index contributed by atoms with van der Waals surface area (Å²) < 4.78 is 17.9. The van der Waals surface area contributed by atoms with Crippen LogP contribution in [0.1, 0.15) is 41.6 Å². The van der Waals surface area contributed by atoms with Crippen molar-refractivity contribution in [2.45, 2.75) is 19.1 Å². The second-order valence-corrected chi connectivity index (χ2v) is 8.07. The van der Waals surface area contributed by atoms with Gasteiger partial charge in [-0.2, -0.15) is 0 Å². The third-order valence-electron chi connectivity index (χ3n) is 5.81. The van der Waals surface area contributed by atoms with Gasteiger partial charge in [0.05, 0.1) is 20.3 Å². The van der Waals surface area contributed by atoms with Crippen LogP contribution in [0.3, 0.4) is 0 Å². The van der Waals surface area contributed by atoms with Crippen LogP contribution in [0.5, 0.6) is 11.5 Å². The molecule has 0 radical (unpaired) electrons. The van der Waals surface area contributed by atoms with Crippen LogP contribution >= 0.6 is 0 Å². The van der Waals surface area contributed by atoms with Crippen molar-refractivity contribution in [2.75, 3.05) is 26.6 Å². The number of nitrogens with one attached hydrogen (secondary N) is 3. The Labute approximate surface area is 213 Å². The summed E-state index contributed by atoms with van der Waals surface area (Å²) in [5.74, 6) is 1.46. The first-order valence-corrected chi connectivity index (χ1v) is 11.3. The first kappa shape index (κ1) is 25.4. The Bertz CT molecular complexity index is 1430. The third kappa shape index (κ3) is 5.28. The van der Waals surface area contributed by atoms with Crippen molar-refractivity contribution in [3.63, 3.8) is 0 Å². The maximum absolute atomic E-state index is 12.8. The Morgan fingerprint density at radius 1 is 1.11 bits per heavy atom. The molecule has 0 amide bonds. The van der Waals surface area contributed by atoms with E-state index >= 15 is 0 Å². The molecule has 2 aromatic heterocycles. The molecule has 0 aliphatic rings. The predicted octanol–water partition coefficient (Wildman–Crippen LogP) is 2.56. The molecular formula is C25H28N8O4. The van der Waals surface area contributed by atoms with Crippen molar-refractivity contribution in [1.29, 1.82) is 5.41 Å². The average Bonchev–Trinajstić information content (AvgIpc) is 3.32. The van der Waals surface area contributed by atoms with E-state index in [1.54, 1.807) is 51.7 Å². The highest BCUT2D eigenvalue weighted by Gasteiger charge is 2.25. The normalized spacial score (nSPS) is 12.5. The molecule has 4 rings (SSSR count). The monoisotopic (exact) mass is 504 g/mol. The van der Waals surface area contributed by atoms with E-state index in [0.29, 0.717) is 28.6 Å². The number of aromatic nitrogens is 5. The molecule has 2 unspecified atom stereocenters. The summed E-state index contributed by atoms with van der Waals surface area (Å²) in [6.45, 7) is 1.90. The van der Waals surface area contributed by atoms with Crippen molar-refractivity contribution in [3.8, 4) is 17.4 Å². The highest BCUT2D eigenvalue weighted by molar-refractivity contribution is 5.95. The molecule has 12 heteroatoms. The summed E-state index contributed by atoms with van der Waals surface area (Å²) >= 11 is 0. The molecule has 0 spiro atoms. The van der Waals surface area contributed by atoms with Crippen molar-refractivity contribution in [1.82, 2.24) is 24.7 Å². The lowest BCUT2D eigenvalue weighted by Gasteiger charge is -2.23. The predicted molar refractivity (Wildman–Crippen MR) is 138 cm³/mol. The summed E-state index contributed by atoms with van der Waals surface area (Å²) in [7, 11) is 4.72. The van der Waals surface area contributed by atoms with Gasteiger partial charge in [0.2, 0.25) is 0 Å². The molecule has 0 saturated heterocycles. The van der Waals surface area contributed by atoms with Crippen LogP contribution in [0.4, 0.5) is 5.69 Å². The number of rotatable bonds is 10. The van der Waals surface area contributed by atoms with E-state index in [0.717, 1.165) is 15.8 Å². The van der Waals surface area contributed by atoms with Crippen molar-refractivity contribution < 1.29 is 14.2 Å². The van der Waals surface area contributed by atoms with Crippen LogP contribution in [-0.4, -0.2) is 51.9 Å². The van der Waals surface area contributed by atoms with Crippen LogP contribution in [0.2, 0.25) is 0 Å². The fraction of sp³-hybridized carbons (Fsp3) is 0.240. The largest absolute Gasteiger partial charge is 0.493 e. The summed E-state index contributed by atoms with van der Waals surface area (Å²) in [6, 6.07) is 11.8. The fourth-order valence-electron chi connectivity index (χ4n) is 3.84. The Morgan fingerprint density at radius 3 is 2.41 bits per heavy atom. The molecular weight excluding hydrogens is 476 g/mol. The van der Waals surface area contributed by atoms with Crippen molar-refractivity contribution >= 4 is 11.5 Å². The zero-order valence-electron chi connectivity index (χ0n) is 20.9. The number of hydrogen-bond acceptors (Lipinski definition) is 9. The van der Waals surface area contributed by atoms with E-state index in [9.17, 15) is 4.79 Å². The summed E-state index contributed by atoms with van der Waals surface area (Å²) in [5.41, 5.74) is 7.88. The van der Waals surface area contributed by atoms with Gasteiger partial charge in [0.25, 0.3) is 5.95 Å². The minimum atomic E-state index is -0.636.